The van der Waals surface area contributed by atoms with Crippen molar-refractivity contribution in [3.8, 4) is 0 Å². The molecule has 18 heavy (non-hydrogen) atoms. The van der Waals surface area contributed by atoms with Gasteiger partial charge in [0.2, 0.25) is 11.8 Å². The van der Waals surface area contributed by atoms with Crippen LogP contribution < -0.4 is 16.8 Å². The van der Waals surface area contributed by atoms with Crippen molar-refractivity contribution in [3.63, 3.8) is 0 Å². The van der Waals surface area contributed by atoms with E-state index in [0.29, 0.717) is 12.8 Å². The lowest BCUT2D eigenvalue weighted by Crippen LogP contribution is -2.41. The molecule has 1 aliphatic carbocycles. The molecule has 1 aliphatic rings. The summed E-state index contributed by atoms with van der Waals surface area (Å²) in [6, 6.07) is 0.189. The molecule has 1 fully saturated rings. The minimum Gasteiger partial charge on any atom is -0.369 e. The summed E-state index contributed by atoms with van der Waals surface area (Å²) in [5.41, 5.74) is 10.8. The fraction of sp³-hybridized carbons (Fsp3) is 0.846. The fourth-order valence-electron chi connectivity index (χ4n) is 2.26. The molecule has 5 heteroatoms. The number of nitrogens with two attached hydrogens (primary N) is 2. The highest BCUT2D eigenvalue weighted by Crippen LogP contribution is 2.24. The average Bonchev–Trinajstić information content (AvgIpc) is 2.26. The van der Waals surface area contributed by atoms with Gasteiger partial charge >= 0.3 is 0 Å². The first-order valence-corrected chi connectivity index (χ1v) is 6.65. The molecule has 1 saturated carbocycles. The maximum absolute atomic E-state index is 11.7. The van der Waals surface area contributed by atoms with Gasteiger partial charge in [-0.3, -0.25) is 9.59 Å². The van der Waals surface area contributed by atoms with E-state index in [4.69, 9.17) is 11.5 Å². The van der Waals surface area contributed by atoms with Gasteiger partial charge in [-0.1, -0.05) is 0 Å². The summed E-state index contributed by atoms with van der Waals surface area (Å²) in [6.07, 6.45) is 4.37. The lowest BCUT2D eigenvalue weighted by molar-refractivity contribution is -0.123. The third kappa shape index (κ3) is 5.49. The van der Waals surface area contributed by atoms with Gasteiger partial charge in [0.1, 0.15) is 0 Å². The molecule has 0 unspecified atom stereocenters. The van der Waals surface area contributed by atoms with Crippen LogP contribution in [0.1, 0.15) is 52.4 Å². The van der Waals surface area contributed by atoms with Crippen molar-refractivity contribution in [1.82, 2.24) is 5.32 Å². The van der Waals surface area contributed by atoms with Crippen LogP contribution in [0.15, 0.2) is 0 Å². The number of nitrogens with one attached hydrogen (secondary N) is 1. The fourth-order valence-corrected chi connectivity index (χ4v) is 2.26. The van der Waals surface area contributed by atoms with Gasteiger partial charge in [-0.2, -0.15) is 0 Å². The van der Waals surface area contributed by atoms with Crippen molar-refractivity contribution in [1.29, 1.82) is 0 Å². The van der Waals surface area contributed by atoms with Crippen LogP contribution >= 0.6 is 0 Å². The van der Waals surface area contributed by atoms with Gasteiger partial charge < -0.3 is 16.8 Å². The highest BCUT2D eigenvalue weighted by molar-refractivity contribution is 5.77. The zero-order valence-electron chi connectivity index (χ0n) is 11.4. The Balaban J connectivity index is 2.24. The van der Waals surface area contributed by atoms with Crippen LogP contribution in [-0.4, -0.2) is 23.4 Å². The molecule has 5 N–H and O–H groups in total. The minimum absolute atomic E-state index is 0.0128. The summed E-state index contributed by atoms with van der Waals surface area (Å²) in [5.74, 6) is -0.179. The van der Waals surface area contributed by atoms with E-state index >= 15 is 0 Å². The van der Waals surface area contributed by atoms with Gasteiger partial charge in [-0.25, -0.2) is 0 Å². The summed E-state index contributed by atoms with van der Waals surface area (Å²) in [4.78, 5) is 22.7. The van der Waals surface area contributed by atoms with Crippen molar-refractivity contribution in [2.24, 2.45) is 17.4 Å². The zero-order chi connectivity index (χ0) is 13.8. The van der Waals surface area contributed by atoms with Crippen molar-refractivity contribution < 1.29 is 9.59 Å². The second-order valence-electron chi connectivity index (χ2n) is 6.01. The molecule has 0 aromatic rings. The van der Waals surface area contributed by atoms with Gasteiger partial charge in [-0.15, -0.1) is 0 Å². The summed E-state index contributed by atoms with van der Waals surface area (Å²) in [7, 11) is 0. The summed E-state index contributed by atoms with van der Waals surface area (Å²) >= 11 is 0. The largest absolute Gasteiger partial charge is 0.369 e. The number of hydrogen-bond acceptors (Lipinski definition) is 3. The van der Waals surface area contributed by atoms with E-state index < -0.39 is 0 Å². The number of amides is 2. The second-order valence-corrected chi connectivity index (χ2v) is 6.01. The molecule has 0 bridgehead atoms. The Bertz CT molecular complexity index is 302. The molecule has 0 atom stereocenters. The summed E-state index contributed by atoms with van der Waals surface area (Å²) in [6.45, 7) is 3.83. The van der Waals surface area contributed by atoms with Gasteiger partial charge in [0.15, 0.2) is 0 Å². The van der Waals surface area contributed by atoms with E-state index in [9.17, 15) is 9.59 Å². The topological polar surface area (TPSA) is 98.2 Å². The second kappa shape index (κ2) is 6.18. The van der Waals surface area contributed by atoms with Crippen LogP contribution in [0, 0.1) is 5.92 Å². The number of carbonyl (C=O) groups is 2. The van der Waals surface area contributed by atoms with Crippen molar-refractivity contribution in [2.45, 2.75) is 64.0 Å². The zero-order valence-corrected chi connectivity index (χ0v) is 11.4. The monoisotopic (exact) mass is 255 g/mol. The molecule has 0 saturated heterocycles. The van der Waals surface area contributed by atoms with E-state index in [2.05, 4.69) is 5.32 Å². The van der Waals surface area contributed by atoms with E-state index in [1.807, 2.05) is 13.8 Å². The molecule has 0 aromatic heterocycles. The molecular weight excluding hydrogens is 230 g/mol. The quantitative estimate of drug-likeness (QED) is 0.673. The normalized spacial score (nSPS) is 24.6. The Morgan fingerprint density at radius 2 is 1.78 bits per heavy atom. The highest BCUT2D eigenvalue weighted by atomic mass is 16.2. The van der Waals surface area contributed by atoms with E-state index in [1.165, 1.54) is 0 Å². The summed E-state index contributed by atoms with van der Waals surface area (Å²) < 4.78 is 0. The third-order valence-electron chi connectivity index (χ3n) is 3.49. The van der Waals surface area contributed by atoms with Crippen LogP contribution in [0.3, 0.4) is 0 Å². The van der Waals surface area contributed by atoms with Crippen LogP contribution in [0.5, 0.6) is 0 Å². The molecule has 0 spiro atoms. The maximum Gasteiger partial charge on any atom is 0.220 e. The van der Waals surface area contributed by atoms with Crippen LogP contribution in [0.25, 0.3) is 0 Å². The Morgan fingerprint density at radius 1 is 1.22 bits per heavy atom. The molecular formula is C13H25N3O2. The molecule has 0 aliphatic heterocycles. The number of carbonyl (C=O) groups excluding carboxylic acids is 2. The van der Waals surface area contributed by atoms with E-state index in [1.54, 1.807) is 0 Å². The molecule has 5 nitrogen and oxygen atoms in total. The van der Waals surface area contributed by atoms with Crippen LogP contribution in [0.2, 0.25) is 0 Å². The predicted octanol–water partition coefficient (Wildman–Crippen LogP) is 0.664. The van der Waals surface area contributed by atoms with Crippen molar-refractivity contribution in [3.05, 3.63) is 0 Å². The third-order valence-corrected chi connectivity index (χ3v) is 3.49. The van der Waals surface area contributed by atoms with Gasteiger partial charge in [0.05, 0.1) is 0 Å². The Morgan fingerprint density at radius 3 is 2.22 bits per heavy atom. The molecule has 0 aromatic carbocycles. The molecule has 104 valence electrons. The first-order valence-electron chi connectivity index (χ1n) is 6.65. The van der Waals surface area contributed by atoms with Crippen LogP contribution in [-0.2, 0) is 9.59 Å². The maximum atomic E-state index is 11.7. The SMILES string of the molecule is CC(C)(N)CCC(=O)NC1CCC(C(N)=O)CC1. The lowest BCUT2D eigenvalue weighted by atomic mass is 9.85. The molecule has 1 rings (SSSR count). The standard InChI is InChI=1S/C13H25N3O2/c1-13(2,15)8-7-11(17)16-10-5-3-9(4-6-10)12(14)18/h9-10H,3-8,15H2,1-2H3,(H2,14,18)(H,16,17). The van der Waals surface area contributed by atoms with Crippen molar-refractivity contribution in [2.75, 3.05) is 0 Å². The van der Waals surface area contributed by atoms with Gasteiger partial charge in [-0.05, 0) is 46.0 Å². The van der Waals surface area contributed by atoms with Gasteiger partial charge in [0.25, 0.3) is 0 Å². The first-order chi connectivity index (χ1) is 8.28. The predicted molar refractivity (Wildman–Crippen MR) is 70.6 cm³/mol. The van der Waals surface area contributed by atoms with Gasteiger partial charge in [0, 0.05) is 23.9 Å². The van der Waals surface area contributed by atoms with Crippen LogP contribution in [0.4, 0.5) is 0 Å². The Hall–Kier alpha value is -1.10. The highest BCUT2D eigenvalue weighted by Gasteiger charge is 2.25. The summed E-state index contributed by atoms with van der Waals surface area (Å²) in [5, 5.41) is 3.00. The average molecular weight is 255 g/mol. The molecule has 2 amide bonds. The number of hydrogen-bond donors (Lipinski definition) is 3. The minimum atomic E-state index is -0.305. The number of rotatable bonds is 5. The molecule has 0 radical (unpaired) electrons. The van der Waals surface area contributed by atoms with E-state index in [0.717, 1.165) is 25.7 Å². The Labute approximate surface area is 109 Å². The smallest absolute Gasteiger partial charge is 0.220 e. The first kappa shape index (κ1) is 15.0. The van der Waals surface area contributed by atoms with E-state index in [-0.39, 0.29) is 29.3 Å². The Kier molecular flexibility index (Phi) is 5.14. The lowest BCUT2D eigenvalue weighted by Gasteiger charge is -2.27. The molecule has 0 heterocycles. The van der Waals surface area contributed by atoms with Crippen molar-refractivity contribution >= 4 is 11.8 Å². The number of primary amides is 1.